The fraction of sp³-hybridized carbons (Fsp3) is 0.333. The number of halogens is 2. The van der Waals surface area contributed by atoms with Gasteiger partial charge in [0.15, 0.2) is 5.96 Å². The molecule has 0 aliphatic carbocycles. The molecule has 5 nitrogen and oxygen atoms in total. The maximum Gasteiger partial charge on any atom is 0.213 e. The standard InChI is InChI=1S/C18H23ClN4O.HI/c1-3-20-18(22-10-7-14-5-4-6-16(19)11-14)23-13-15-8-9-21-17(12-15)24-2;/h4-6,8-9,11-12H,3,7,10,13H2,1-2H3,(H2,20,22,23);1H. The molecule has 2 rings (SSSR count). The topological polar surface area (TPSA) is 58.5 Å². The first-order valence-electron chi connectivity index (χ1n) is 7.97. The van der Waals surface area contributed by atoms with Crippen LogP contribution < -0.4 is 15.4 Å². The Balaban J connectivity index is 0.00000312. The Kier molecular flexibility index (Phi) is 10.3. The number of aliphatic imine (C=N–C) groups is 1. The molecule has 136 valence electrons. The van der Waals surface area contributed by atoms with Crippen LogP contribution in [-0.4, -0.2) is 31.1 Å². The predicted octanol–water partition coefficient (Wildman–Crippen LogP) is 3.66. The highest BCUT2D eigenvalue weighted by molar-refractivity contribution is 14.0. The van der Waals surface area contributed by atoms with Gasteiger partial charge in [0.2, 0.25) is 5.88 Å². The zero-order valence-corrected chi connectivity index (χ0v) is 17.5. The van der Waals surface area contributed by atoms with Crippen molar-refractivity contribution in [2.75, 3.05) is 20.2 Å². The van der Waals surface area contributed by atoms with Gasteiger partial charge >= 0.3 is 0 Å². The van der Waals surface area contributed by atoms with Crippen LogP contribution in [0.1, 0.15) is 18.1 Å². The maximum atomic E-state index is 6.01. The molecule has 2 N–H and O–H groups in total. The Bertz CT molecular complexity index is 682. The number of benzene rings is 1. The van der Waals surface area contributed by atoms with Crippen molar-refractivity contribution in [3.05, 3.63) is 58.7 Å². The summed E-state index contributed by atoms with van der Waals surface area (Å²) in [5.41, 5.74) is 2.25. The van der Waals surface area contributed by atoms with E-state index in [9.17, 15) is 0 Å². The molecule has 0 radical (unpaired) electrons. The van der Waals surface area contributed by atoms with Crippen molar-refractivity contribution in [2.24, 2.45) is 4.99 Å². The van der Waals surface area contributed by atoms with E-state index in [1.807, 2.05) is 37.3 Å². The van der Waals surface area contributed by atoms with E-state index in [0.29, 0.717) is 12.4 Å². The molecule has 2 aromatic rings. The molecular weight excluding hydrogens is 451 g/mol. The van der Waals surface area contributed by atoms with Crippen LogP contribution in [0.15, 0.2) is 47.6 Å². The third-order valence-corrected chi connectivity index (χ3v) is 3.60. The molecule has 0 bridgehead atoms. The van der Waals surface area contributed by atoms with Crippen molar-refractivity contribution in [2.45, 2.75) is 19.9 Å². The lowest BCUT2D eigenvalue weighted by Gasteiger charge is -2.11. The van der Waals surface area contributed by atoms with E-state index in [1.165, 1.54) is 5.56 Å². The minimum atomic E-state index is 0. The number of methoxy groups -OCH3 is 1. The van der Waals surface area contributed by atoms with E-state index in [1.54, 1.807) is 13.3 Å². The van der Waals surface area contributed by atoms with Crippen LogP contribution in [0.3, 0.4) is 0 Å². The van der Waals surface area contributed by atoms with Gasteiger partial charge in [0.05, 0.1) is 13.7 Å². The lowest BCUT2D eigenvalue weighted by atomic mass is 10.1. The van der Waals surface area contributed by atoms with Crippen LogP contribution in [0.5, 0.6) is 5.88 Å². The van der Waals surface area contributed by atoms with Gasteiger partial charge in [-0.05, 0) is 42.7 Å². The first kappa shape index (κ1) is 21.5. The van der Waals surface area contributed by atoms with Crippen molar-refractivity contribution in [1.82, 2.24) is 15.6 Å². The van der Waals surface area contributed by atoms with Gasteiger partial charge in [-0.1, -0.05) is 23.7 Å². The Morgan fingerprint density at radius 2 is 2.04 bits per heavy atom. The van der Waals surface area contributed by atoms with Crippen molar-refractivity contribution in [3.63, 3.8) is 0 Å². The molecule has 25 heavy (non-hydrogen) atoms. The Labute approximate surface area is 171 Å². The second kappa shape index (κ2) is 11.9. The fourth-order valence-electron chi connectivity index (χ4n) is 2.19. The average molecular weight is 475 g/mol. The molecule has 0 aliphatic rings. The molecule has 0 fully saturated rings. The third kappa shape index (κ3) is 7.92. The van der Waals surface area contributed by atoms with Crippen LogP contribution in [0.4, 0.5) is 0 Å². The molecule has 0 atom stereocenters. The van der Waals surface area contributed by atoms with Crippen LogP contribution >= 0.6 is 35.6 Å². The summed E-state index contributed by atoms with van der Waals surface area (Å²) in [6.45, 7) is 4.20. The van der Waals surface area contributed by atoms with Gasteiger partial charge in [-0.3, -0.25) is 0 Å². The zero-order valence-electron chi connectivity index (χ0n) is 14.5. The number of hydrogen-bond donors (Lipinski definition) is 2. The van der Waals surface area contributed by atoms with Gasteiger partial charge in [0.1, 0.15) is 0 Å². The van der Waals surface area contributed by atoms with Crippen molar-refractivity contribution in [3.8, 4) is 5.88 Å². The largest absolute Gasteiger partial charge is 0.481 e. The third-order valence-electron chi connectivity index (χ3n) is 3.37. The number of nitrogens with zero attached hydrogens (tertiary/aromatic N) is 2. The molecule has 0 saturated heterocycles. The molecule has 0 saturated carbocycles. The Morgan fingerprint density at radius 3 is 2.76 bits per heavy atom. The van der Waals surface area contributed by atoms with Gasteiger partial charge in [-0.25, -0.2) is 9.98 Å². The number of guanidine groups is 1. The maximum absolute atomic E-state index is 6.01. The molecule has 7 heteroatoms. The number of rotatable bonds is 7. The van der Waals surface area contributed by atoms with Crippen molar-refractivity contribution < 1.29 is 4.74 Å². The number of nitrogens with one attached hydrogen (secondary N) is 2. The SMILES string of the molecule is CCNC(=NCc1ccnc(OC)c1)NCCc1cccc(Cl)c1.I. The highest BCUT2D eigenvalue weighted by Gasteiger charge is 2.00. The highest BCUT2D eigenvalue weighted by Crippen LogP contribution is 2.11. The van der Waals surface area contributed by atoms with Gasteiger partial charge < -0.3 is 15.4 Å². The summed E-state index contributed by atoms with van der Waals surface area (Å²) in [4.78, 5) is 8.69. The molecule has 0 aliphatic heterocycles. The van der Waals surface area contributed by atoms with Crippen LogP contribution in [0.25, 0.3) is 0 Å². The van der Waals surface area contributed by atoms with Gasteiger partial charge in [0.25, 0.3) is 0 Å². The highest BCUT2D eigenvalue weighted by atomic mass is 127. The number of pyridine rings is 1. The summed E-state index contributed by atoms with van der Waals surface area (Å²) in [6, 6.07) is 11.7. The second-order valence-corrected chi connectivity index (χ2v) is 5.64. The zero-order chi connectivity index (χ0) is 17.2. The van der Waals surface area contributed by atoms with E-state index in [2.05, 4.69) is 26.7 Å². The number of ether oxygens (including phenoxy) is 1. The van der Waals surface area contributed by atoms with Gasteiger partial charge in [0, 0.05) is 30.4 Å². The van der Waals surface area contributed by atoms with Crippen LogP contribution in [0.2, 0.25) is 5.02 Å². The van der Waals surface area contributed by atoms with E-state index in [-0.39, 0.29) is 24.0 Å². The van der Waals surface area contributed by atoms with Crippen LogP contribution in [0, 0.1) is 0 Å². The summed E-state index contributed by atoms with van der Waals surface area (Å²) in [5.74, 6) is 1.39. The van der Waals surface area contributed by atoms with Crippen molar-refractivity contribution in [1.29, 1.82) is 0 Å². The Hall–Kier alpha value is -1.54. The van der Waals surface area contributed by atoms with E-state index < -0.39 is 0 Å². The molecular formula is C18H24ClIN4O. The summed E-state index contributed by atoms with van der Waals surface area (Å²) in [6.07, 6.45) is 2.61. The lowest BCUT2D eigenvalue weighted by Crippen LogP contribution is -2.38. The first-order chi connectivity index (χ1) is 11.7. The summed E-state index contributed by atoms with van der Waals surface area (Å²) in [5, 5.41) is 7.35. The van der Waals surface area contributed by atoms with Gasteiger partial charge in [-0.2, -0.15) is 0 Å². The quantitative estimate of drug-likeness (QED) is 0.365. The van der Waals surface area contributed by atoms with Crippen molar-refractivity contribution >= 4 is 41.5 Å². The monoisotopic (exact) mass is 474 g/mol. The predicted molar refractivity (Wildman–Crippen MR) is 114 cm³/mol. The summed E-state index contributed by atoms with van der Waals surface area (Å²) >= 11 is 6.01. The second-order valence-electron chi connectivity index (χ2n) is 5.21. The first-order valence-corrected chi connectivity index (χ1v) is 8.34. The lowest BCUT2D eigenvalue weighted by molar-refractivity contribution is 0.397. The van der Waals surface area contributed by atoms with E-state index >= 15 is 0 Å². The molecule has 1 aromatic carbocycles. The Morgan fingerprint density at radius 1 is 1.20 bits per heavy atom. The molecule has 1 aromatic heterocycles. The molecule has 0 unspecified atom stereocenters. The minimum Gasteiger partial charge on any atom is -0.481 e. The molecule has 0 amide bonds. The number of hydrogen-bond acceptors (Lipinski definition) is 3. The van der Waals surface area contributed by atoms with E-state index in [0.717, 1.165) is 36.1 Å². The van der Waals surface area contributed by atoms with Gasteiger partial charge in [-0.15, -0.1) is 24.0 Å². The fourth-order valence-corrected chi connectivity index (χ4v) is 2.40. The smallest absolute Gasteiger partial charge is 0.213 e. The normalized spacial score (nSPS) is 10.8. The summed E-state index contributed by atoms with van der Waals surface area (Å²) < 4.78 is 5.13. The minimum absolute atomic E-state index is 0. The van der Waals surface area contributed by atoms with Crippen LogP contribution in [-0.2, 0) is 13.0 Å². The molecule has 0 spiro atoms. The number of aromatic nitrogens is 1. The van der Waals surface area contributed by atoms with E-state index in [4.69, 9.17) is 16.3 Å². The molecule has 1 heterocycles. The average Bonchev–Trinajstić information content (AvgIpc) is 2.60. The summed E-state index contributed by atoms with van der Waals surface area (Å²) in [7, 11) is 1.61.